The van der Waals surface area contributed by atoms with Crippen LogP contribution in [0, 0.1) is 5.41 Å². The van der Waals surface area contributed by atoms with Gasteiger partial charge in [-0.3, -0.25) is 25.1 Å². The molecule has 4 amide bonds. The van der Waals surface area contributed by atoms with Crippen molar-refractivity contribution in [2.24, 2.45) is 5.41 Å². The van der Waals surface area contributed by atoms with Crippen molar-refractivity contribution in [1.82, 2.24) is 15.5 Å². The van der Waals surface area contributed by atoms with Gasteiger partial charge in [0.1, 0.15) is 0 Å². The minimum absolute atomic E-state index is 0.178. The third-order valence-corrected chi connectivity index (χ3v) is 7.02. The van der Waals surface area contributed by atoms with Gasteiger partial charge in [0.25, 0.3) is 0 Å². The van der Waals surface area contributed by atoms with E-state index in [2.05, 4.69) is 20.4 Å². The van der Waals surface area contributed by atoms with Gasteiger partial charge in [0, 0.05) is 37.6 Å². The zero-order valence-electron chi connectivity index (χ0n) is 17.8. The van der Waals surface area contributed by atoms with Crippen LogP contribution in [0.15, 0.2) is 36.4 Å². The third-order valence-electron chi connectivity index (χ3n) is 7.02. The van der Waals surface area contributed by atoms with Crippen molar-refractivity contribution in [3.63, 3.8) is 0 Å². The predicted molar refractivity (Wildman–Crippen MR) is 118 cm³/mol. The van der Waals surface area contributed by atoms with E-state index in [-0.39, 0.29) is 13.2 Å². The van der Waals surface area contributed by atoms with Crippen LogP contribution in [0.5, 0.6) is 11.5 Å². The van der Waals surface area contributed by atoms with Gasteiger partial charge in [0.2, 0.25) is 18.6 Å². The maximum Gasteiger partial charge on any atom is 0.328 e. The van der Waals surface area contributed by atoms with Crippen molar-refractivity contribution < 1.29 is 23.9 Å². The standard InChI is InChI=1S/C23H23N5O5/c24-15-2-3-16-14(8-15)9-23(20(29)25-22(31)26-21(23)30)19-11-27(5-6-28(16)19)10-13-1-4-17-18(7-13)33-12-32-17/h1-4,7-8,19H,5-6,9-12,24H2,(H2,25,26,29,30,31)/t19-/m0/s1. The number of urea groups is 1. The summed E-state index contributed by atoms with van der Waals surface area (Å²) >= 11 is 0. The summed E-state index contributed by atoms with van der Waals surface area (Å²) in [5.74, 6) is 0.316. The molecule has 0 radical (unpaired) electrons. The van der Waals surface area contributed by atoms with Gasteiger partial charge in [0.15, 0.2) is 16.9 Å². The number of ether oxygens (including phenoxy) is 2. The van der Waals surface area contributed by atoms with Crippen molar-refractivity contribution >= 4 is 29.2 Å². The molecule has 2 fully saturated rings. The number of benzene rings is 2. The van der Waals surface area contributed by atoms with E-state index in [1.54, 1.807) is 0 Å². The van der Waals surface area contributed by atoms with E-state index < -0.39 is 29.3 Å². The average molecular weight is 449 g/mol. The Morgan fingerprint density at radius 1 is 1.00 bits per heavy atom. The second kappa shape index (κ2) is 7.11. The molecule has 4 aliphatic rings. The van der Waals surface area contributed by atoms with Crippen LogP contribution in [0.1, 0.15) is 11.1 Å². The van der Waals surface area contributed by atoms with Crippen LogP contribution in [0.4, 0.5) is 16.2 Å². The Balaban J connectivity index is 1.35. The van der Waals surface area contributed by atoms with Crippen molar-refractivity contribution in [3.05, 3.63) is 47.5 Å². The number of nitrogen functional groups attached to an aromatic ring is 1. The molecular weight excluding hydrogens is 426 g/mol. The van der Waals surface area contributed by atoms with Gasteiger partial charge < -0.3 is 20.1 Å². The minimum atomic E-state index is -1.43. The Bertz CT molecular complexity index is 1180. The molecule has 4 aliphatic heterocycles. The summed E-state index contributed by atoms with van der Waals surface area (Å²) in [7, 11) is 0. The molecule has 33 heavy (non-hydrogen) atoms. The second-order valence-corrected chi connectivity index (χ2v) is 8.91. The van der Waals surface area contributed by atoms with E-state index >= 15 is 0 Å². The molecule has 10 nitrogen and oxygen atoms in total. The Hall–Kier alpha value is -3.79. The molecular formula is C23H23N5O5. The number of nitrogens with one attached hydrogen (secondary N) is 2. The van der Waals surface area contributed by atoms with Crippen molar-refractivity contribution in [2.75, 3.05) is 37.1 Å². The number of hydrogen-bond acceptors (Lipinski definition) is 8. The molecule has 10 heteroatoms. The summed E-state index contributed by atoms with van der Waals surface area (Å²) in [6.07, 6.45) is 0.178. The van der Waals surface area contributed by atoms with Gasteiger partial charge in [0.05, 0.1) is 6.04 Å². The second-order valence-electron chi connectivity index (χ2n) is 8.91. The first-order valence-corrected chi connectivity index (χ1v) is 10.9. The van der Waals surface area contributed by atoms with Gasteiger partial charge in [-0.25, -0.2) is 4.79 Å². The fraction of sp³-hybridized carbons (Fsp3) is 0.348. The van der Waals surface area contributed by atoms with Crippen molar-refractivity contribution in [2.45, 2.75) is 19.0 Å². The summed E-state index contributed by atoms with van der Waals surface area (Å²) in [5.41, 5.74) is 8.00. The molecule has 0 saturated carbocycles. The number of carbonyl (C=O) groups is 3. The minimum Gasteiger partial charge on any atom is -0.454 e. The Kier molecular flexibility index (Phi) is 4.28. The summed E-state index contributed by atoms with van der Waals surface area (Å²) in [5, 5.41) is 4.65. The molecule has 1 atom stereocenters. The highest BCUT2D eigenvalue weighted by atomic mass is 16.7. The van der Waals surface area contributed by atoms with Crippen molar-refractivity contribution in [3.8, 4) is 11.5 Å². The van der Waals surface area contributed by atoms with Crippen LogP contribution in [-0.4, -0.2) is 55.2 Å². The summed E-state index contributed by atoms with van der Waals surface area (Å²) in [6, 6.07) is 10.2. The Morgan fingerprint density at radius 3 is 2.61 bits per heavy atom. The summed E-state index contributed by atoms with van der Waals surface area (Å²) in [6.45, 7) is 2.70. The fourth-order valence-electron chi connectivity index (χ4n) is 5.46. The number of nitrogens with two attached hydrogens (primary N) is 1. The van der Waals surface area contributed by atoms with Crippen LogP contribution in [0.3, 0.4) is 0 Å². The lowest BCUT2D eigenvalue weighted by Gasteiger charge is -2.54. The zero-order valence-corrected chi connectivity index (χ0v) is 17.8. The monoisotopic (exact) mass is 449 g/mol. The van der Waals surface area contributed by atoms with E-state index in [1.165, 1.54) is 0 Å². The van der Waals surface area contributed by atoms with Gasteiger partial charge in [-0.15, -0.1) is 0 Å². The molecule has 170 valence electrons. The smallest absolute Gasteiger partial charge is 0.328 e. The van der Waals surface area contributed by atoms with Gasteiger partial charge >= 0.3 is 6.03 Å². The lowest BCUT2D eigenvalue weighted by molar-refractivity contribution is -0.147. The van der Waals surface area contributed by atoms with Gasteiger partial charge in [-0.2, -0.15) is 0 Å². The van der Waals surface area contributed by atoms with E-state index in [1.807, 2.05) is 36.4 Å². The predicted octanol–water partition coefficient (Wildman–Crippen LogP) is 0.597. The molecule has 0 aliphatic carbocycles. The van der Waals surface area contributed by atoms with Crippen LogP contribution in [0.25, 0.3) is 0 Å². The Morgan fingerprint density at radius 2 is 1.79 bits per heavy atom. The molecule has 4 N–H and O–H groups in total. The average Bonchev–Trinajstić information content (AvgIpc) is 3.25. The summed E-state index contributed by atoms with van der Waals surface area (Å²) in [4.78, 5) is 42.6. The molecule has 0 unspecified atom stereocenters. The third kappa shape index (κ3) is 3.01. The SMILES string of the molecule is Nc1ccc2c(c1)CC1(C(=O)NC(=O)NC1=O)[C@@H]1CN(Cc3ccc4c(c3)OCO4)CCN21. The molecule has 4 heterocycles. The number of anilines is 2. The number of barbiturate groups is 1. The Labute approximate surface area is 189 Å². The largest absolute Gasteiger partial charge is 0.454 e. The maximum atomic E-state index is 13.2. The molecule has 0 bridgehead atoms. The topological polar surface area (TPSA) is 126 Å². The molecule has 2 aromatic carbocycles. The van der Waals surface area contributed by atoms with E-state index in [0.29, 0.717) is 25.3 Å². The van der Waals surface area contributed by atoms with Gasteiger partial charge in [-0.1, -0.05) is 6.07 Å². The number of imide groups is 2. The lowest BCUT2D eigenvalue weighted by Crippen LogP contribution is -2.74. The van der Waals surface area contributed by atoms with E-state index in [9.17, 15) is 14.4 Å². The zero-order chi connectivity index (χ0) is 22.7. The van der Waals surface area contributed by atoms with Crippen LogP contribution in [-0.2, 0) is 22.6 Å². The number of nitrogens with zero attached hydrogens (tertiary/aromatic N) is 2. The number of carbonyl (C=O) groups excluding carboxylic acids is 3. The first-order valence-electron chi connectivity index (χ1n) is 10.9. The maximum absolute atomic E-state index is 13.2. The lowest BCUT2D eigenvalue weighted by atomic mass is 9.68. The fourth-order valence-corrected chi connectivity index (χ4v) is 5.46. The van der Waals surface area contributed by atoms with Gasteiger partial charge in [-0.05, 0) is 47.9 Å². The molecule has 6 rings (SSSR count). The molecule has 0 aromatic heterocycles. The highest BCUT2D eigenvalue weighted by Crippen LogP contribution is 2.45. The first kappa shape index (κ1) is 19.9. The highest BCUT2D eigenvalue weighted by molar-refractivity contribution is 6.20. The first-order chi connectivity index (χ1) is 15.9. The van der Waals surface area contributed by atoms with Crippen LogP contribution in [0.2, 0.25) is 0 Å². The quantitative estimate of drug-likeness (QED) is 0.450. The van der Waals surface area contributed by atoms with E-state index in [4.69, 9.17) is 15.2 Å². The molecule has 2 saturated heterocycles. The number of piperazine rings is 1. The van der Waals surface area contributed by atoms with Crippen molar-refractivity contribution in [1.29, 1.82) is 0 Å². The van der Waals surface area contributed by atoms with E-state index in [0.717, 1.165) is 34.9 Å². The van der Waals surface area contributed by atoms with Crippen LogP contribution < -0.4 is 30.7 Å². The molecule has 1 spiro atoms. The van der Waals surface area contributed by atoms with Crippen LogP contribution >= 0.6 is 0 Å². The number of rotatable bonds is 2. The summed E-state index contributed by atoms with van der Waals surface area (Å²) < 4.78 is 10.9. The normalized spacial score (nSPS) is 23.1. The number of fused-ring (bicyclic) bond motifs is 5. The number of amides is 4. The number of hydrogen-bond donors (Lipinski definition) is 3. The molecule has 2 aromatic rings. The highest BCUT2D eigenvalue weighted by Gasteiger charge is 2.60.